The number of aromatic nitrogens is 4. The first-order chi connectivity index (χ1) is 9.43. The molecule has 0 aromatic carbocycles. The number of hydrogen-bond acceptors (Lipinski definition) is 6. The first-order valence-corrected chi connectivity index (χ1v) is 8.54. The topological polar surface area (TPSA) is 93.0 Å². The van der Waals surface area contributed by atoms with Crippen LogP contribution in [0.3, 0.4) is 0 Å². The molecule has 0 radical (unpaired) electrons. The molecule has 0 aliphatic carbocycles. The molecule has 1 atom stereocenters. The van der Waals surface area contributed by atoms with Gasteiger partial charge in [-0.05, 0) is 37.1 Å². The third kappa shape index (κ3) is 3.53. The van der Waals surface area contributed by atoms with Crippen molar-refractivity contribution in [3.8, 4) is 0 Å². The molecule has 1 saturated heterocycles. The largest absolute Gasteiger partial charge is 0.293 e. The molecule has 0 spiro atoms. The number of sulfonamides is 1. The zero-order valence-electron chi connectivity index (χ0n) is 12.2. The lowest BCUT2D eigenvalue weighted by Gasteiger charge is -2.35. The molecule has 9 heteroatoms. The molecule has 0 saturated carbocycles. The van der Waals surface area contributed by atoms with E-state index >= 15 is 0 Å². The van der Waals surface area contributed by atoms with Crippen LogP contribution in [0, 0.1) is 0 Å². The van der Waals surface area contributed by atoms with Gasteiger partial charge in [-0.2, -0.15) is 0 Å². The monoisotopic (exact) mass is 302 g/mol. The minimum atomic E-state index is -3.11. The molecule has 1 aliphatic heterocycles. The normalized spacial score (nSPS) is 20.1. The Hall–Kier alpha value is -1.06. The molecule has 8 nitrogen and oxygen atoms in total. The van der Waals surface area contributed by atoms with E-state index in [9.17, 15) is 8.42 Å². The van der Waals surface area contributed by atoms with Crippen molar-refractivity contribution in [2.45, 2.75) is 38.8 Å². The summed E-state index contributed by atoms with van der Waals surface area (Å²) in [7, 11) is -1.28. The lowest BCUT2D eigenvalue weighted by atomic mass is 10.0. The summed E-state index contributed by atoms with van der Waals surface area (Å²) in [5.74, 6) is 0.964. The van der Waals surface area contributed by atoms with Gasteiger partial charge in [0.2, 0.25) is 10.0 Å². The van der Waals surface area contributed by atoms with Gasteiger partial charge in [0.25, 0.3) is 0 Å². The van der Waals surface area contributed by atoms with Gasteiger partial charge in [0, 0.05) is 26.2 Å². The number of hydrogen-bond donors (Lipinski definition) is 1. The highest BCUT2D eigenvalue weighted by molar-refractivity contribution is 7.89. The molecule has 114 valence electrons. The molecule has 2 heterocycles. The number of tetrazole rings is 1. The van der Waals surface area contributed by atoms with Gasteiger partial charge in [-0.1, -0.05) is 0 Å². The van der Waals surface area contributed by atoms with E-state index in [2.05, 4.69) is 32.1 Å². The van der Waals surface area contributed by atoms with Crippen molar-refractivity contribution in [1.82, 2.24) is 29.8 Å². The molecule has 1 aromatic heterocycles. The van der Waals surface area contributed by atoms with E-state index in [1.54, 1.807) is 11.6 Å². The highest BCUT2D eigenvalue weighted by Crippen LogP contribution is 2.22. The first kappa shape index (κ1) is 15.3. The van der Waals surface area contributed by atoms with Gasteiger partial charge in [0.1, 0.15) is 0 Å². The van der Waals surface area contributed by atoms with Crippen molar-refractivity contribution in [1.29, 1.82) is 0 Å². The molecular formula is C11H22N6O2S. The maximum atomic E-state index is 11.6. The van der Waals surface area contributed by atoms with E-state index in [0.717, 1.165) is 31.8 Å². The van der Waals surface area contributed by atoms with Crippen LogP contribution in [-0.4, -0.2) is 58.4 Å². The second kappa shape index (κ2) is 6.15. The smallest absolute Gasteiger partial charge is 0.211 e. The van der Waals surface area contributed by atoms with Crippen molar-refractivity contribution in [3.63, 3.8) is 0 Å². The Balaban J connectivity index is 1.90. The summed E-state index contributed by atoms with van der Waals surface area (Å²) in [6, 6.07) is 0.180. The maximum Gasteiger partial charge on any atom is 0.211 e. The minimum Gasteiger partial charge on any atom is -0.293 e. The summed E-state index contributed by atoms with van der Waals surface area (Å²) < 4.78 is 27.5. The van der Waals surface area contributed by atoms with Crippen molar-refractivity contribution >= 4 is 10.0 Å². The molecule has 2 rings (SSSR count). The third-order valence-corrected chi connectivity index (χ3v) is 5.28. The summed E-state index contributed by atoms with van der Waals surface area (Å²) in [6.07, 6.45) is 1.63. The first-order valence-electron chi connectivity index (χ1n) is 6.89. The number of piperidine rings is 1. The molecule has 0 amide bonds. The summed E-state index contributed by atoms with van der Waals surface area (Å²) in [4.78, 5) is 2.28. The standard InChI is InChI=1S/C11H22N6O2S/c1-4-20(18,19)13-10-5-7-17(8-6-10)9(2)11-12-14-15-16(11)3/h9-10,13H,4-8H2,1-3H3. The van der Waals surface area contributed by atoms with Crippen LogP contribution in [-0.2, 0) is 17.1 Å². The zero-order valence-corrected chi connectivity index (χ0v) is 13.0. The van der Waals surface area contributed by atoms with Crippen molar-refractivity contribution in [2.24, 2.45) is 7.05 Å². The fourth-order valence-electron chi connectivity index (χ4n) is 2.50. The predicted molar refractivity (Wildman–Crippen MR) is 74.4 cm³/mol. The molecule has 1 N–H and O–H groups in total. The SMILES string of the molecule is CCS(=O)(=O)NC1CCN(C(C)c2nnnn2C)CC1. The van der Waals surface area contributed by atoms with Crippen LogP contribution in [0.5, 0.6) is 0 Å². The number of nitrogens with one attached hydrogen (secondary N) is 1. The minimum absolute atomic E-state index is 0.0426. The predicted octanol–water partition coefficient (Wildman–Crippen LogP) is -0.325. The van der Waals surface area contributed by atoms with Gasteiger partial charge < -0.3 is 0 Å². The van der Waals surface area contributed by atoms with Crippen molar-refractivity contribution < 1.29 is 8.42 Å². The Bertz CT molecular complexity index is 535. The molecular weight excluding hydrogens is 280 g/mol. The average molecular weight is 302 g/mol. The molecule has 1 unspecified atom stereocenters. The van der Waals surface area contributed by atoms with E-state index in [0.29, 0.717) is 0 Å². The quantitative estimate of drug-likeness (QED) is 0.801. The second-order valence-corrected chi connectivity index (χ2v) is 7.21. The van der Waals surface area contributed by atoms with E-state index in [4.69, 9.17) is 0 Å². The molecule has 1 aliphatic rings. The lowest BCUT2D eigenvalue weighted by molar-refractivity contribution is 0.151. The lowest BCUT2D eigenvalue weighted by Crippen LogP contribution is -2.45. The Morgan fingerprint density at radius 3 is 2.55 bits per heavy atom. The second-order valence-electron chi connectivity index (χ2n) is 5.17. The summed E-state index contributed by atoms with van der Waals surface area (Å²) in [5.41, 5.74) is 0. The van der Waals surface area contributed by atoms with Crippen LogP contribution >= 0.6 is 0 Å². The van der Waals surface area contributed by atoms with E-state index in [1.165, 1.54) is 0 Å². The van der Waals surface area contributed by atoms with Gasteiger partial charge in [-0.15, -0.1) is 5.10 Å². The van der Waals surface area contributed by atoms with E-state index in [1.807, 2.05) is 7.05 Å². The summed E-state index contributed by atoms with van der Waals surface area (Å²) in [6.45, 7) is 5.40. The summed E-state index contributed by atoms with van der Waals surface area (Å²) >= 11 is 0. The van der Waals surface area contributed by atoms with Gasteiger partial charge in [0.15, 0.2) is 5.82 Å². The maximum absolute atomic E-state index is 11.6. The van der Waals surface area contributed by atoms with Crippen LogP contribution in [0.4, 0.5) is 0 Å². The van der Waals surface area contributed by atoms with Gasteiger partial charge in [-0.3, -0.25) is 4.90 Å². The molecule has 0 bridgehead atoms. The van der Waals surface area contributed by atoms with Crippen LogP contribution in [0.2, 0.25) is 0 Å². The summed E-state index contributed by atoms with van der Waals surface area (Å²) in [5, 5.41) is 11.5. The average Bonchev–Trinajstić information content (AvgIpc) is 2.85. The highest BCUT2D eigenvalue weighted by Gasteiger charge is 2.27. The van der Waals surface area contributed by atoms with E-state index < -0.39 is 10.0 Å². The number of likely N-dealkylation sites (tertiary alicyclic amines) is 1. The fourth-order valence-corrected chi connectivity index (χ4v) is 3.41. The van der Waals surface area contributed by atoms with Crippen LogP contribution < -0.4 is 4.72 Å². The van der Waals surface area contributed by atoms with Crippen LogP contribution in [0.15, 0.2) is 0 Å². The highest BCUT2D eigenvalue weighted by atomic mass is 32.2. The molecule has 1 aromatic rings. The Kier molecular flexibility index (Phi) is 4.71. The van der Waals surface area contributed by atoms with Gasteiger partial charge in [0.05, 0.1) is 11.8 Å². The number of aryl methyl sites for hydroxylation is 1. The van der Waals surface area contributed by atoms with Gasteiger partial charge >= 0.3 is 0 Å². The molecule has 20 heavy (non-hydrogen) atoms. The van der Waals surface area contributed by atoms with E-state index in [-0.39, 0.29) is 17.8 Å². The molecule has 1 fully saturated rings. The van der Waals surface area contributed by atoms with Gasteiger partial charge in [-0.25, -0.2) is 17.8 Å². The zero-order chi connectivity index (χ0) is 14.8. The Morgan fingerprint density at radius 1 is 1.40 bits per heavy atom. The third-order valence-electron chi connectivity index (χ3n) is 3.83. The van der Waals surface area contributed by atoms with Crippen LogP contribution in [0.25, 0.3) is 0 Å². The van der Waals surface area contributed by atoms with Crippen molar-refractivity contribution in [3.05, 3.63) is 5.82 Å². The number of rotatable bonds is 5. The fraction of sp³-hybridized carbons (Fsp3) is 0.909. The Morgan fingerprint density at radius 2 is 2.05 bits per heavy atom. The van der Waals surface area contributed by atoms with Crippen LogP contribution in [0.1, 0.15) is 38.6 Å². The Labute approximate surface area is 119 Å². The number of nitrogens with zero attached hydrogens (tertiary/aromatic N) is 5. The van der Waals surface area contributed by atoms with Crippen molar-refractivity contribution in [2.75, 3.05) is 18.8 Å².